The molecule has 108 valence electrons. The number of carboxylic acid groups (broad SMARTS) is 1. The molecule has 3 N–H and O–H groups in total. The first-order valence-corrected chi connectivity index (χ1v) is 6.50. The molecular weight excluding hydrogens is 284 g/mol. The van der Waals surface area contributed by atoms with Gasteiger partial charge in [-0.3, -0.25) is 0 Å². The number of hydrogen-bond acceptors (Lipinski definition) is 3. The number of aromatic carboxylic acids is 1. The Hall–Kier alpha value is -1.79. The third-order valence-electron chi connectivity index (χ3n) is 3.23. The predicted molar refractivity (Wildman–Crippen MR) is 74.4 cm³/mol. The van der Waals surface area contributed by atoms with Crippen molar-refractivity contribution in [3.8, 4) is 0 Å². The van der Waals surface area contributed by atoms with Crippen molar-refractivity contribution in [2.45, 2.75) is 25.0 Å². The Bertz CT molecular complexity index is 529. The molecule has 0 heterocycles. The summed E-state index contributed by atoms with van der Waals surface area (Å²) < 4.78 is 5.12. The smallest absolute Gasteiger partial charge is 0.335 e. The molecule has 0 unspecified atom stereocenters. The Morgan fingerprint density at radius 1 is 1.40 bits per heavy atom. The molecule has 2 amide bonds. The Morgan fingerprint density at radius 2 is 2.10 bits per heavy atom. The lowest BCUT2D eigenvalue weighted by atomic mass is 9.89. The van der Waals surface area contributed by atoms with Crippen LogP contribution in [0.1, 0.15) is 23.2 Å². The van der Waals surface area contributed by atoms with Crippen LogP contribution in [0.2, 0.25) is 5.02 Å². The van der Waals surface area contributed by atoms with E-state index in [-0.39, 0.29) is 28.8 Å². The minimum Gasteiger partial charge on any atom is -0.478 e. The Labute approximate surface area is 121 Å². The summed E-state index contributed by atoms with van der Waals surface area (Å²) in [7, 11) is 1.64. The molecule has 0 saturated heterocycles. The fourth-order valence-corrected chi connectivity index (χ4v) is 2.20. The van der Waals surface area contributed by atoms with Crippen LogP contribution in [0.25, 0.3) is 0 Å². The van der Waals surface area contributed by atoms with Crippen molar-refractivity contribution < 1.29 is 19.4 Å². The number of amides is 2. The summed E-state index contributed by atoms with van der Waals surface area (Å²) in [6.07, 6.45) is 1.78. The van der Waals surface area contributed by atoms with Crippen LogP contribution in [-0.2, 0) is 4.74 Å². The zero-order valence-electron chi connectivity index (χ0n) is 10.9. The fraction of sp³-hybridized carbons (Fsp3) is 0.385. The van der Waals surface area contributed by atoms with E-state index in [4.69, 9.17) is 21.4 Å². The van der Waals surface area contributed by atoms with Crippen LogP contribution in [0.15, 0.2) is 18.2 Å². The van der Waals surface area contributed by atoms with Crippen LogP contribution in [0.5, 0.6) is 0 Å². The summed E-state index contributed by atoms with van der Waals surface area (Å²) in [6, 6.07) is 3.87. The number of carboxylic acids is 1. The van der Waals surface area contributed by atoms with E-state index in [1.54, 1.807) is 7.11 Å². The van der Waals surface area contributed by atoms with Gasteiger partial charge >= 0.3 is 12.0 Å². The average molecular weight is 299 g/mol. The van der Waals surface area contributed by atoms with Gasteiger partial charge in [-0.05, 0) is 31.0 Å². The molecule has 0 aromatic heterocycles. The molecule has 0 bridgehead atoms. The topological polar surface area (TPSA) is 87.7 Å². The second-order valence-electron chi connectivity index (χ2n) is 4.62. The monoisotopic (exact) mass is 298 g/mol. The van der Waals surface area contributed by atoms with Crippen LogP contribution in [0.4, 0.5) is 10.5 Å². The zero-order chi connectivity index (χ0) is 14.7. The summed E-state index contributed by atoms with van der Waals surface area (Å²) in [5, 5.41) is 14.4. The van der Waals surface area contributed by atoms with E-state index in [1.807, 2.05) is 0 Å². The lowest BCUT2D eigenvalue weighted by Gasteiger charge is -2.34. The van der Waals surface area contributed by atoms with Crippen molar-refractivity contribution >= 4 is 29.3 Å². The van der Waals surface area contributed by atoms with Crippen LogP contribution in [0.3, 0.4) is 0 Å². The largest absolute Gasteiger partial charge is 0.478 e. The predicted octanol–water partition coefficient (Wildman–Crippen LogP) is 2.34. The van der Waals surface area contributed by atoms with Gasteiger partial charge in [0, 0.05) is 13.2 Å². The van der Waals surface area contributed by atoms with Gasteiger partial charge in [0.15, 0.2) is 0 Å². The van der Waals surface area contributed by atoms with Gasteiger partial charge in [0.2, 0.25) is 0 Å². The molecule has 0 spiro atoms. The normalized spacial score (nSPS) is 20.9. The number of carbonyl (C=O) groups excluding carboxylic acids is 1. The molecule has 1 aromatic rings. The number of carbonyl (C=O) groups is 2. The van der Waals surface area contributed by atoms with Gasteiger partial charge in [0.05, 0.1) is 22.4 Å². The maximum absolute atomic E-state index is 11.7. The van der Waals surface area contributed by atoms with Crippen molar-refractivity contribution in [3.05, 3.63) is 28.8 Å². The summed E-state index contributed by atoms with van der Waals surface area (Å²) >= 11 is 5.92. The molecule has 6 nitrogen and oxygen atoms in total. The Balaban J connectivity index is 1.90. The van der Waals surface area contributed by atoms with Gasteiger partial charge in [0.25, 0.3) is 0 Å². The standard InChI is InChI=1S/C13H15ClN2O4/c1-20-9-5-8(6-9)15-13(19)16-11-3-2-7(12(17)18)4-10(11)14/h2-4,8-9H,5-6H2,1H3,(H,17,18)(H2,15,16,19). The number of ether oxygens (including phenoxy) is 1. The van der Waals surface area contributed by atoms with Crippen molar-refractivity contribution in [1.82, 2.24) is 5.32 Å². The van der Waals surface area contributed by atoms with E-state index in [1.165, 1.54) is 18.2 Å². The van der Waals surface area contributed by atoms with Gasteiger partial charge in [-0.25, -0.2) is 9.59 Å². The van der Waals surface area contributed by atoms with Gasteiger partial charge in [-0.15, -0.1) is 0 Å². The number of nitrogens with one attached hydrogen (secondary N) is 2. The van der Waals surface area contributed by atoms with Crippen LogP contribution in [-0.4, -0.2) is 36.4 Å². The number of methoxy groups -OCH3 is 1. The van der Waals surface area contributed by atoms with E-state index < -0.39 is 5.97 Å². The second kappa shape index (κ2) is 6.11. The molecule has 1 aliphatic carbocycles. The lowest BCUT2D eigenvalue weighted by molar-refractivity contribution is 0.0210. The molecule has 1 aliphatic rings. The van der Waals surface area contributed by atoms with E-state index in [0.29, 0.717) is 5.69 Å². The second-order valence-corrected chi connectivity index (χ2v) is 5.03. The highest BCUT2D eigenvalue weighted by atomic mass is 35.5. The zero-order valence-corrected chi connectivity index (χ0v) is 11.6. The lowest BCUT2D eigenvalue weighted by Crippen LogP contribution is -2.48. The Morgan fingerprint density at radius 3 is 2.65 bits per heavy atom. The van der Waals surface area contributed by atoms with Crippen molar-refractivity contribution in [2.24, 2.45) is 0 Å². The third kappa shape index (κ3) is 3.40. The summed E-state index contributed by atoms with van der Waals surface area (Å²) in [5.74, 6) is -1.07. The van der Waals surface area contributed by atoms with Gasteiger partial charge < -0.3 is 20.5 Å². The number of urea groups is 1. The molecule has 0 atom stereocenters. The van der Waals surface area contributed by atoms with E-state index >= 15 is 0 Å². The van der Waals surface area contributed by atoms with E-state index in [9.17, 15) is 9.59 Å². The first-order valence-electron chi connectivity index (χ1n) is 6.12. The van der Waals surface area contributed by atoms with Gasteiger partial charge in [-0.2, -0.15) is 0 Å². The SMILES string of the molecule is COC1CC(NC(=O)Nc2ccc(C(=O)O)cc2Cl)C1. The average Bonchev–Trinajstić information content (AvgIpc) is 2.35. The van der Waals surface area contributed by atoms with Gasteiger partial charge in [-0.1, -0.05) is 11.6 Å². The number of benzene rings is 1. The number of hydrogen-bond donors (Lipinski definition) is 3. The maximum atomic E-state index is 11.7. The highest BCUT2D eigenvalue weighted by molar-refractivity contribution is 6.34. The molecule has 20 heavy (non-hydrogen) atoms. The van der Waals surface area contributed by atoms with E-state index in [0.717, 1.165) is 12.8 Å². The third-order valence-corrected chi connectivity index (χ3v) is 3.54. The first-order chi connectivity index (χ1) is 9.49. The minimum atomic E-state index is -1.07. The number of halogens is 1. The van der Waals surface area contributed by atoms with Crippen LogP contribution >= 0.6 is 11.6 Å². The van der Waals surface area contributed by atoms with Gasteiger partial charge in [0.1, 0.15) is 0 Å². The van der Waals surface area contributed by atoms with Crippen molar-refractivity contribution in [3.63, 3.8) is 0 Å². The summed E-state index contributed by atoms with van der Waals surface area (Å²) in [4.78, 5) is 22.5. The molecular formula is C13H15ClN2O4. The van der Waals surface area contributed by atoms with E-state index in [2.05, 4.69) is 10.6 Å². The summed E-state index contributed by atoms with van der Waals surface area (Å²) in [6.45, 7) is 0. The molecule has 2 rings (SSSR count). The molecule has 1 aromatic carbocycles. The Kier molecular flexibility index (Phi) is 4.46. The van der Waals surface area contributed by atoms with Crippen LogP contribution in [0, 0.1) is 0 Å². The first kappa shape index (κ1) is 14.6. The highest BCUT2D eigenvalue weighted by Gasteiger charge is 2.30. The van der Waals surface area contributed by atoms with Crippen molar-refractivity contribution in [2.75, 3.05) is 12.4 Å². The molecule has 7 heteroatoms. The number of anilines is 1. The minimum absolute atomic E-state index is 0.0721. The molecule has 1 saturated carbocycles. The highest BCUT2D eigenvalue weighted by Crippen LogP contribution is 2.25. The quantitative estimate of drug-likeness (QED) is 0.796. The summed E-state index contributed by atoms with van der Waals surface area (Å²) in [5.41, 5.74) is 0.444. The number of rotatable bonds is 4. The maximum Gasteiger partial charge on any atom is 0.335 e. The van der Waals surface area contributed by atoms with Crippen LogP contribution < -0.4 is 10.6 Å². The molecule has 1 fully saturated rings. The van der Waals surface area contributed by atoms with Crippen molar-refractivity contribution in [1.29, 1.82) is 0 Å². The molecule has 0 radical (unpaired) electrons. The molecule has 0 aliphatic heterocycles. The fourth-order valence-electron chi connectivity index (χ4n) is 1.97.